The average Bonchev–Trinajstić information content (AvgIpc) is 3.36. The molecule has 0 saturated carbocycles. The van der Waals surface area contributed by atoms with Gasteiger partial charge in [0.15, 0.2) is 0 Å². The summed E-state index contributed by atoms with van der Waals surface area (Å²) in [5.74, 6) is -0.494. The van der Waals surface area contributed by atoms with Crippen LogP contribution in [0.4, 0.5) is 0 Å². The van der Waals surface area contributed by atoms with Crippen LogP contribution in [0.25, 0.3) is 0 Å². The van der Waals surface area contributed by atoms with Gasteiger partial charge in [-0.25, -0.2) is 0 Å². The third kappa shape index (κ3) is 54.9. The second-order valence-electron chi connectivity index (χ2n) is 22.7. The van der Waals surface area contributed by atoms with Crippen LogP contribution in [0.15, 0.2) is 12.2 Å². The molecule has 0 saturated heterocycles. The highest BCUT2D eigenvalue weighted by Crippen LogP contribution is 2.19. The minimum Gasteiger partial charge on any atom is -0.394 e. The van der Waals surface area contributed by atoms with Crippen LogP contribution >= 0.6 is 0 Å². The van der Waals surface area contributed by atoms with Gasteiger partial charge in [0, 0.05) is 0 Å². The summed E-state index contributed by atoms with van der Waals surface area (Å²) in [7, 11) is 0. The van der Waals surface area contributed by atoms with E-state index < -0.39 is 24.2 Å². The Kier molecular flexibility index (Phi) is 59.9. The quantitative estimate of drug-likeness (QED) is 0.0361. The number of aliphatic hydroxyl groups excluding tert-OH is 3. The van der Waals surface area contributed by atoms with Crippen LogP contribution in [-0.2, 0) is 4.79 Å². The lowest BCUT2D eigenvalue weighted by Gasteiger charge is -2.21. The van der Waals surface area contributed by atoms with Crippen LogP contribution in [0, 0.1) is 0 Å². The minimum atomic E-state index is -1.09. The molecule has 0 radical (unpaired) electrons. The van der Waals surface area contributed by atoms with Gasteiger partial charge in [-0.15, -0.1) is 0 Å². The second kappa shape index (κ2) is 60.6. The molecule has 4 N–H and O–H groups in total. The van der Waals surface area contributed by atoms with Gasteiger partial charge in [-0.1, -0.05) is 366 Å². The number of carbonyl (C=O) groups excluding carboxylic acids is 1. The van der Waals surface area contributed by atoms with Gasteiger partial charge in [0.05, 0.1) is 18.8 Å². The molecular formula is C65H129NO4. The fraction of sp³-hybridized carbons (Fsp3) is 0.954. The number of aliphatic hydroxyl groups is 3. The van der Waals surface area contributed by atoms with Crippen molar-refractivity contribution in [2.45, 2.75) is 392 Å². The number of hydrogen-bond acceptors (Lipinski definition) is 4. The molecule has 0 spiro atoms. The van der Waals surface area contributed by atoms with Gasteiger partial charge in [-0.2, -0.15) is 0 Å². The molecule has 70 heavy (non-hydrogen) atoms. The number of allylic oxidation sites excluding steroid dienone is 1. The normalized spacial score (nSPS) is 13.2. The Labute approximate surface area is 440 Å². The molecule has 0 bridgehead atoms. The first-order chi connectivity index (χ1) is 34.6. The van der Waals surface area contributed by atoms with E-state index >= 15 is 0 Å². The van der Waals surface area contributed by atoms with Crippen LogP contribution in [0.1, 0.15) is 373 Å². The zero-order valence-corrected chi connectivity index (χ0v) is 47.9. The molecule has 0 rings (SSSR count). The van der Waals surface area contributed by atoms with Crippen LogP contribution in [-0.4, -0.2) is 46.1 Å². The number of carbonyl (C=O) groups is 1. The molecule has 5 nitrogen and oxygen atoms in total. The van der Waals surface area contributed by atoms with E-state index in [1.165, 1.54) is 321 Å². The Morgan fingerprint density at radius 2 is 0.557 bits per heavy atom. The van der Waals surface area contributed by atoms with E-state index in [0.29, 0.717) is 6.42 Å². The first-order valence-corrected chi connectivity index (χ1v) is 32.5. The van der Waals surface area contributed by atoms with Crippen molar-refractivity contribution in [3.8, 4) is 0 Å². The van der Waals surface area contributed by atoms with Crippen molar-refractivity contribution in [3.63, 3.8) is 0 Å². The van der Waals surface area contributed by atoms with Gasteiger partial charge < -0.3 is 20.6 Å². The topological polar surface area (TPSA) is 89.8 Å². The number of nitrogens with one attached hydrogen (secondary N) is 1. The zero-order valence-electron chi connectivity index (χ0n) is 47.9. The summed E-state index contributed by atoms with van der Waals surface area (Å²) in [6.07, 6.45) is 77.6. The fourth-order valence-corrected chi connectivity index (χ4v) is 10.6. The molecule has 418 valence electrons. The molecule has 5 heteroatoms. The summed E-state index contributed by atoms with van der Waals surface area (Å²) in [6.45, 7) is 4.24. The predicted octanol–water partition coefficient (Wildman–Crippen LogP) is 20.6. The number of amides is 1. The standard InChI is InChI=1S/C65H129NO4/c1-3-5-7-9-11-13-15-17-19-21-23-25-27-29-30-31-32-33-34-36-38-40-42-44-46-48-50-52-54-56-58-60-64(69)65(70)66-62(61-67)63(68)59-57-55-53-51-49-47-45-43-41-39-37-35-28-26-24-22-20-18-16-14-12-10-8-6-4-2/h57,59,62-64,67-69H,3-56,58,60-61H2,1-2H3,(H,66,70)/b59-57+. The van der Waals surface area contributed by atoms with Crippen LogP contribution < -0.4 is 5.32 Å². The highest BCUT2D eigenvalue weighted by molar-refractivity contribution is 5.80. The lowest BCUT2D eigenvalue weighted by atomic mass is 10.0. The Morgan fingerprint density at radius 3 is 0.786 bits per heavy atom. The van der Waals surface area contributed by atoms with E-state index in [0.717, 1.165) is 32.1 Å². The van der Waals surface area contributed by atoms with E-state index in [1.54, 1.807) is 6.08 Å². The molecule has 0 aromatic rings. The van der Waals surface area contributed by atoms with E-state index in [2.05, 4.69) is 19.2 Å². The number of unbranched alkanes of at least 4 members (excludes halogenated alkanes) is 53. The maximum absolute atomic E-state index is 12.6. The predicted molar refractivity (Wildman–Crippen MR) is 310 cm³/mol. The van der Waals surface area contributed by atoms with Crippen molar-refractivity contribution in [1.29, 1.82) is 0 Å². The zero-order chi connectivity index (χ0) is 50.7. The maximum Gasteiger partial charge on any atom is 0.249 e. The van der Waals surface area contributed by atoms with Crippen molar-refractivity contribution >= 4 is 5.91 Å². The summed E-state index contributed by atoms with van der Waals surface area (Å²) >= 11 is 0. The summed E-state index contributed by atoms with van der Waals surface area (Å²) in [5.41, 5.74) is 0. The summed E-state index contributed by atoms with van der Waals surface area (Å²) in [4.78, 5) is 12.6. The maximum atomic E-state index is 12.6. The Hall–Kier alpha value is -0.910. The molecule has 0 fully saturated rings. The van der Waals surface area contributed by atoms with Crippen LogP contribution in [0.2, 0.25) is 0 Å². The van der Waals surface area contributed by atoms with Gasteiger partial charge in [-0.3, -0.25) is 4.79 Å². The average molecular weight is 989 g/mol. The van der Waals surface area contributed by atoms with Crippen LogP contribution in [0.5, 0.6) is 0 Å². The molecule has 0 aromatic heterocycles. The molecular weight excluding hydrogens is 859 g/mol. The Bertz CT molecular complexity index is 1000. The highest BCUT2D eigenvalue weighted by Gasteiger charge is 2.22. The van der Waals surface area contributed by atoms with E-state index in [9.17, 15) is 20.1 Å². The minimum absolute atomic E-state index is 0.358. The molecule has 3 unspecified atom stereocenters. The van der Waals surface area contributed by atoms with E-state index in [4.69, 9.17) is 0 Å². The summed E-state index contributed by atoms with van der Waals surface area (Å²) in [5, 5.41) is 33.5. The first kappa shape index (κ1) is 69.1. The molecule has 0 aliphatic carbocycles. The third-order valence-corrected chi connectivity index (χ3v) is 15.6. The third-order valence-electron chi connectivity index (χ3n) is 15.6. The summed E-state index contributed by atoms with van der Waals surface area (Å²) < 4.78 is 0. The van der Waals surface area contributed by atoms with Crippen molar-refractivity contribution in [2.24, 2.45) is 0 Å². The number of hydrogen-bond donors (Lipinski definition) is 4. The molecule has 1 amide bonds. The van der Waals surface area contributed by atoms with Crippen molar-refractivity contribution in [3.05, 3.63) is 12.2 Å². The van der Waals surface area contributed by atoms with E-state index in [-0.39, 0.29) is 6.61 Å². The van der Waals surface area contributed by atoms with Crippen LogP contribution in [0.3, 0.4) is 0 Å². The van der Waals surface area contributed by atoms with Crippen molar-refractivity contribution in [1.82, 2.24) is 5.32 Å². The summed E-state index contributed by atoms with van der Waals surface area (Å²) in [6, 6.07) is -0.795. The van der Waals surface area contributed by atoms with Gasteiger partial charge in [0.2, 0.25) is 5.91 Å². The lowest BCUT2D eigenvalue weighted by molar-refractivity contribution is -0.131. The van der Waals surface area contributed by atoms with Gasteiger partial charge >= 0.3 is 0 Å². The Morgan fingerprint density at radius 1 is 0.343 bits per heavy atom. The van der Waals surface area contributed by atoms with Gasteiger partial charge in [0.1, 0.15) is 6.10 Å². The molecule has 0 aliphatic rings. The van der Waals surface area contributed by atoms with E-state index in [1.807, 2.05) is 6.08 Å². The Balaban J connectivity index is 3.48. The fourth-order valence-electron chi connectivity index (χ4n) is 10.6. The van der Waals surface area contributed by atoms with Crippen molar-refractivity contribution < 1.29 is 20.1 Å². The smallest absolute Gasteiger partial charge is 0.249 e. The molecule has 0 aromatic carbocycles. The largest absolute Gasteiger partial charge is 0.394 e. The van der Waals surface area contributed by atoms with Gasteiger partial charge in [-0.05, 0) is 19.3 Å². The highest BCUT2D eigenvalue weighted by atomic mass is 16.3. The molecule has 3 atom stereocenters. The van der Waals surface area contributed by atoms with Crippen molar-refractivity contribution in [2.75, 3.05) is 6.61 Å². The van der Waals surface area contributed by atoms with Gasteiger partial charge in [0.25, 0.3) is 0 Å². The first-order valence-electron chi connectivity index (χ1n) is 32.5. The SMILES string of the molecule is CCCCCCCCCCCCCCCCCCCCCCCCC/C=C/C(O)C(CO)NC(=O)C(O)CCCCCCCCCCCCCCCCCCCCCCCCCCCCCCCCC. The monoisotopic (exact) mass is 988 g/mol. The second-order valence-corrected chi connectivity index (χ2v) is 22.7. The lowest BCUT2D eigenvalue weighted by Crippen LogP contribution is -2.48. The number of rotatable bonds is 61. The molecule has 0 heterocycles. The molecule has 0 aliphatic heterocycles.